The van der Waals surface area contributed by atoms with Gasteiger partial charge >= 0.3 is 0 Å². The Kier molecular flexibility index (Phi) is 7.49. The first-order valence-electron chi connectivity index (χ1n) is 11.3. The molecule has 0 aliphatic heterocycles. The fourth-order valence-electron chi connectivity index (χ4n) is 3.36. The van der Waals surface area contributed by atoms with Gasteiger partial charge in [-0.3, -0.25) is 25.2 Å². The molecule has 0 unspecified atom stereocenters. The van der Waals surface area contributed by atoms with Crippen LogP contribution in [0.1, 0.15) is 40.3 Å². The molecule has 3 amide bonds. The van der Waals surface area contributed by atoms with E-state index in [0.29, 0.717) is 17.9 Å². The van der Waals surface area contributed by atoms with Crippen LogP contribution < -0.4 is 16.2 Å². The summed E-state index contributed by atoms with van der Waals surface area (Å²) in [5.74, 6) is -1.18. The van der Waals surface area contributed by atoms with Gasteiger partial charge < -0.3 is 9.73 Å². The van der Waals surface area contributed by atoms with Crippen molar-refractivity contribution in [3.8, 4) is 11.4 Å². The minimum Gasteiger partial charge on any atom is -0.459 e. The summed E-state index contributed by atoms with van der Waals surface area (Å²) in [4.78, 5) is 38.8. The summed E-state index contributed by atoms with van der Waals surface area (Å²) in [6, 6.07) is 18.5. The number of aromatic nitrogens is 4. The highest BCUT2D eigenvalue weighted by atomic mass is 16.3. The van der Waals surface area contributed by atoms with Crippen molar-refractivity contribution in [3.63, 3.8) is 0 Å². The zero-order valence-corrected chi connectivity index (χ0v) is 19.7. The predicted octanol–water partition coefficient (Wildman–Crippen LogP) is 2.20. The van der Waals surface area contributed by atoms with Crippen LogP contribution in [-0.4, -0.2) is 44.0 Å². The Morgan fingerprint density at radius 3 is 2.33 bits per heavy atom. The second kappa shape index (κ2) is 11.1. The van der Waals surface area contributed by atoms with E-state index in [1.165, 1.54) is 17.1 Å². The van der Waals surface area contributed by atoms with E-state index in [1.54, 1.807) is 44.2 Å². The fraction of sp³-hybridized carbons (Fsp3) is 0.200. The van der Waals surface area contributed by atoms with Crippen molar-refractivity contribution >= 4 is 17.7 Å². The number of carbonyl (C=O) groups is 3. The number of rotatable bonds is 8. The molecule has 2 aromatic heterocycles. The zero-order chi connectivity index (χ0) is 25.5. The molecule has 0 fully saturated rings. The highest BCUT2D eigenvalue weighted by molar-refractivity contribution is 5.98. The smallest absolute Gasteiger partial charge is 0.287 e. The van der Waals surface area contributed by atoms with E-state index in [1.807, 2.05) is 30.3 Å². The van der Waals surface area contributed by atoms with Gasteiger partial charge in [-0.25, -0.2) is 0 Å². The Balaban J connectivity index is 1.31. The van der Waals surface area contributed by atoms with Crippen molar-refractivity contribution in [2.24, 2.45) is 5.92 Å². The lowest BCUT2D eigenvalue weighted by Crippen LogP contribution is -2.54. The summed E-state index contributed by atoms with van der Waals surface area (Å²) in [6.45, 7) is 3.93. The molecule has 0 aliphatic rings. The van der Waals surface area contributed by atoms with Crippen LogP contribution in [0.25, 0.3) is 11.4 Å². The van der Waals surface area contributed by atoms with E-state index in [9.17, 15) is 14.4 Å². The van der Waals surface area contributed by atoms with E-state index in [4.69, 9.17) is 4.42 Å². The van der Waals surface area contributed by atoms with E-state index >= 15 is 0 Å². The highest BCUT2D eigenvalue weighted by Gasteiger charge is 2.26. The Morgan fingerprint density at radius 1 is 0.917 bits per heavy atom. The van der Waals surface area contributed by atoms with Crippen LogP contribution in [0.5, 0.6) is 0 Å². The highest BCUT2D eigenvalue weighted by Crippen LogP contribution is 2.13. The molecule has 4 rings (SSSR count). The fourth-order valence-corrected chi connectivity index (χ4v) is 3.36. The SMILES string of the molecule is CC(C)[C@H](NC(=O)c1ccco1)C(=O)NNC(=O)c1ccc(Cn2nnc(-c3ccccc3)n2)cc1. The first kappa shape index (κ1) is 24.3. The molecule has 0 spiro atoms. The van der Waals surface area contributed by atoms with Crippen molar-refractivity contribution in [2.45, 2.75) is 26.4 Å². The van der Waals surface area contributed by atoms with Crippen LogP contribution in [0.4, 0.5) is 0 Å². The largest absolute Gasteiger partial charge is 0.459 e. The maximum atomic E-state index is 12.6. The normalized spacial score (nSPS) is 11.6. The Hall–Kier alpha value is -4.80. The van der Waals surface area contributed by atoms with Gasteiger partial charge in [0.2, 0.25) is 5.82 Å². The average molecular weight is 488 g/mol. The number of hydrogen-bond donors (Lipinski definition) is 3. The van der Waals surface area contributed by atoms with Crippen LogP contribution >= 0.6 is 0 Å². The third kappa shape index (κ3) is 6.00. The molecule has 36 heavy (non-hydrogen) atoms. The molecular weight excluding hydrogens is 462 g/mol. The molecule has 0 radical (unpaired) electrons. The molecule has 11 nitrogen and oxygen atoms in total. The number of benzene rings is 2. The average Bonchev–Trinajstić information content (AvgIpc) is 3.59. The van der Waals surface area contributed by atoms with Crippen molar-refractivity contribution in [1.29, 1.82) is 0 Å². The van der Waals surface area contributed by atoms with Crippen molar-refractivity contribution in [3.05, 3.63) is 89.9 Å². The van der Waals surface area contributed by atoms with E-state index < -0.39 is 23.8 Å². The molecule has 184 valence electrons. The summed E-state index contributed by atoms with van der Waals surface area (Å²) >= 11 is 0. The van der Waals surface area contributed by atoms with Gasteiger partial charge in [-0.15, -0.1) is 10.2 Å². The molecule has 0 bridgehead atoms. The molecule has 0 saturated heterocycles. The molecule has 1 atom stereocenters. The molecule has 0 aliphatic carbocycles. The van der Waals surface area contributed by atoms with Gasteiger partial charge in [-0.2, -0.15) is 4.80 Å². The Morgan fingerprint density at radius 2 is 1.67 bits per heavy atom. The zero-order valence-electron chi connectivity index (χ0n) is 19.7. The third-order valence-electron chi connectivity index (χ3n) is 5.30. The van der Waals surface area contributed by atoms with Crippen LogP contribution in [-0.2, 0) is 11.3 Å². The van der Waals surface area contributed by atoms with Gasteiger partial charge in [0.25, 0.3) is 17.7 Å². The molecular formula is C25H25N7O4. The standard InChI is InChI=1S/C25H25N7O4/c1-16(2)21(26-24(34)20-9-6-14-36-20)25(35)29-28-23(33)19-12-10-17(11-13-19)15-32-30-22(27-31-32)18-7-4-3-5-8-18/h3-14,16,21H,15H2,1-2H3,(H,26,34)(H,28,33)(H,29,35)/t21-/m0/s1. The van der Waals surface area contributed by atoms with Crippen molar-refractivity contribution < 1.29 is 18.8 Å². The van der Waals surface area contributed by atoms with Crippen LogP contribution in [0, 0.1) is 5.92 Å². The topological polar surface area (TPSA) is 144 Å². The first-order chi connectivity index (χ1) is 17.4. The van der Waals surface area contributed by atoms with E-state index in [-0.39, 0.29) is 11.7 Å². The second-order valence-electron chi connectivity index (χ2n) is 8.32. The molecule has 2 heterocycles. The van der Waals surface area contributed by atoms with Gasteiger partial charge in [0.15, 0.2) is 5.76 Å². The summed E-state index contributed by atoms with van der Waals surface area (Å²) in [6.07, 6.45) is 1.37. The Labute approximate surface area is 206 Å². The van der Waals surface area contributed by atoms with Crippen LogP contribution in [0.15, 0.2) is 77.4 Å². The molecule has 11 heteroatoms. The van der Waals surface area contributed by atoms with E-state index in [2.05, 4.69) is 31.6 Å². The minimum atomic E-state index is -0.874. The maximum Gasteiger partial charge on any atom is 0.287 e. The van der Waals surface area contributed by atoms with Crippen molar-refractivity contribution in [1.82, 2.24) is 36.4 Å². The van der Waals surface area contributed by atoms with Gasteiger partial charge in [0, 0.05) is 11.1 Å². The lowest BCUT2D eigenvalue weighted by molar-refractivity contribution is -0.124. The summed E-state index contributed by atoms with van der Waals surface area (Å²) in [5, 5.41) is 15.1. The summed E-state index contributed by atoms with van der Waals surface area (Å²) in [5.41, 5.74) is 6.83. The monoisotopic (exact) mass is 487 g/mol. The number of carbonyl (C=O) groups excluding carboxylic acids is 3. The Bertz CT molecular complexity index is 1320. The molecule has 4 aromatic rings. The predicted molar refractivity (Wildman–Crippen MR) is 129 cm³/mol. The minimum absolute atomic E-state index is 0.0926. The molecule has 3 N–H and O–H groups in total. The number of amides is 3. The number of nitrogens with one attached hydrogen (secondary N) is 3. The quantitative estimate of drug-likeness (QED) is 0.323. The maximum absolute atomic E-state index is 12.6. The van der Waals surface area contributed by atoms with Crippen molar-refractivity contribution in [2.75, 3.05) is 0 Å². The number of hydrogen-bond acceptors (Lipinski definition) is 7. The lowest BCUT2D eigenvalue weighted by atomic mass is 10.0. The van der Waals surface area contributed by atoms with Gasteiger partial charge in [0.1, 0.15) is 6.04 Å². The third-order valence-corrected chi connectivity index (χ3v) is 5.30. The van der Waals surface area contributed by atoms with Gasteiger partial charge in [-0.05, 0) is 41.0 Å². The van der Waals surface area contributed by atoms with Crippen LogP contribution in [0.3, 0.4) is 0 Å². The number of nitrogens with zero attached hydrogens (tertiary/aromatic N) is 4. The van der Waals surface area contributed by atoms with Gasteiger partial charge in [-0.1, -0.05) is 56.3 Å². The van der Waals surface area contributed by atoms with Crippen LogP contribution in [0.2, 0.25) is 0 Å². The summed E-state index contributed by atoms with van der Waals surface area (Å²) in [7, 11) is 0. The summed E-state index contributed by atoms with van der Waals surface area (Å²) < 4.78 is 5.05. The molecule has 0 saturated carbocycles. The second-order valence-corrected chi connectivity index (χ2v) is 8.32. The number of hydrazine groups is 1. The lowest BCUT2D eigenvalue weighted by Gasteiger charge is -2.21. The van der Waals surface area contributed by atoms with E-state index in [0.717, 1.165) is 11.1 Å². The number of furan rings is 1. The first-order valence-corrected chi connectivity index (χ1v) is 11.3. The molecule has 2 aromatic carbocycles. The number of tetrazole rings is 1. The van der Waals surface area contributed by atoms with Gasteiger partial charge in [0.05, 0.1) is 12.8 Å².